The van der Waals surface area contributed by atoms with E-state index in [1.54, 1.807) is 24.3 Å². The first-order valence-electron chi connectivity index (χ1n) is 16.1. The van der Waals surface area contributed by atoms with E-state index in [2.05, 4.69) is 5.32 Å². The second-order valence-electron chi connectivity index (χ2n) is 11.6. The largest absolute Gasteiger partial charge is 0.494 e. The second-order valence-corrected chi connectivity index (χ2v) is 13.5. The van der Waals surface area contributed by atoms with Gasteiger partial charge in [-0.25, -0.2) is 8.42 Å². The maximum absolute atomic E-state index is 14.6. The Morgan fingerprint density at radius 1 is 0.787 bits per heavy atom. The van der Waals surface area contributed by atoms with Crippen molar-refractivity contribution in [3.63, 3.8) is 0 Å². The van der Waals surface area contributed by atoms with Gasteiger partial charge in [-0.15, -0.1) is 0 Å². The molecule has 0 bridgehead atoms. The van der Waals surface area contributed by atoms with Crippen LogP contribution in [0.5, 0.6) is 5.75 Å². The number of anilines is 1. The molecule has 0 saturated carbocycles. The van der Waals surface area contributed by atoms with Crippen LogP contribution < -0.4 is 14.4 Å². The zero-order chi connectivity index (χ0) is 33.8. The van der Waals surface area contributed by atoms with Crippen LogP contribution in [0.25, 0.3) is 0 Å². The highest BCUT2D eigenvalue weighted by atomic mass is 32.2. The van der Waals surface area contributed by atoms with E-state index >= 15 is 0 Å². The molecular weight excluding hydrogens is 611 g/mol. The van der Waals surface area contributed by atoms with E-state index in [1.165, 1.54) is 17.0 Å². The molecule has 8 nitrogen and oxygen atoms in total. The molecule has 0 heterocycles. The van der Waals surface area contributed by atoms with Crippen molar-refractivity contribution in [3.05, 3.63) is 125 Å². The van der Waals surface area contributed by atoms with E-state index in [-0.39, 0.29) is 23.8 Å². The van der Waals surface area contributed by atoms with Gasteiger partial charge in [0.1, 0.15) is 18.3 Å². The van der Waals surface area contributed by atoms with E-state index in [1.807, 2.05) is 94.4 Å². The number of hydrogen-bond acceptors (Lipinski definition) is 5. The van der Waals surface area contributed by atoms with Gasteiger partial charge in [-0.1, -0.05) is 91.2 Å². The SMILES string of the molecule is CCCCNC(=O)[C@H](Cc1ccccc1)N(Cc1ccc(C)cc1)C(=O)CN(c1ccc(C)cc1)S(=O)(=O)c1ccc(OCC)cc1. The van der Waals surface area contributed by atoms with Crippen LogP contribution >= 0.6 is 0 Å². The summed E-state index contributed by atoms with van der Waals surface area (Å²) in [5, 5.41) is 3.02. The Morgan fingerprint density at radius 2 is 1.40 bits per heavy atom. The van der Waals surface area contributed by atoms with E-state index < -0.39 is 28.5 Å². The van der Waals surface area contributed by atoms with Crippen molar-refractivity contribution < 1.29 is 22.7 Å². The first-order chi connectivity index (χ1) is 22.6. The summed E-state index contributed by atoms with van der Waals surface area (Å²) in [5.74, 6) is -0.224. The highest BCUT2D eigenvalue weighted by Gasteiger charge is 2.34. The lowest BCUT2D eigenvalue weighted by molar-refractivity contribution is -0.140. The minimum atomic E-state index is -4.20. The van der Waals surface area contributed by atoms with Crippen LogP contribution in [0.15, 0.2) is 108 Å². The quantitative estimate of drug-likeness (QED) is 0.140. The number of sulfonamides is 1. The summed E-state index contributed by atoms with van der Waals surface area (Å²) >= 11 is 0. The molecule has 1 atom stereocenters. The second kappa shape index (κ2) is 16.8. The Bertz CT molecular complexity index is 1690. The van der Waals surface area contributed by atoms with Gasteiger partial charge in [0.15, 0.2) is 0 Å². The number of unbranched alkanes of at least 4 members (excludes halogenated alkanes) is 1. The molecule has 0 unspecified atom stereocenters. The topological polar surface area (TPSA) is 96.0 Å². The average molecular weight is 656 g/mol. The number of aryl methyl sites for hydroxylation is 2. The predicted molar refractivity (Wildman–Crippen MR) is 187 cm³/mol. The molecule has 4 rings (SSSR count). The molecule has 0 aromatic heterocycles. The molecule has 0 fully saturated rings. The summed E-state index contributed by atoms with van der Waals surface area (Å²) in [6, 6.07) is 29.6. The van der Waals surface area contributed by atoms with Gasteiger partial charge in [0.25, 0.3) is 10.0 Å². The Morgan fingerprint density at radius 3 is 2.00 bits per heavy atom. The van der Waals surface area contributed by atoms with Crippen LogP contribution in [0.4, 0.5) is 5.69 Å². The molecule has 248 valence electrons. The van der Waals surface area contributed by atoms with Gasteiger partial charge in [-0.2, -0.15) is 0 Å². The monoisotopic (exact) mass is 655 g/mol. The summed E-state index contributed by atoms with van der Waals surface area (Å²) in [6.07, 6.45) is 1.98. The molecule has 2 amide bonds. The Kier molecular flexibility index (Phi) is 12.6. The molecule has 4 aromatic carbocycles. The molecule has 1 N–H and O–H groups in total. The first-order valence-corrected chi connectivity index (χ1v) is 17.5. The lowest BCUT2D eigenvalue weighted by atomic mass is 10.0. The van der Waals surface area contributed by atoms with Crippen molar-refractivity contribution in [2.24, 2.45) is 0 Å². The van der Waals surface area contributed by atoms with Crippen LogP contribution in [0, 0.1) is 13.8 Å². The molecule has 47 heavy (non-hydrogen) atoms. The van der Waals surface area contributed by atoms with E-state index in [0.717, 1.165) is 39.4 Å². The van der Waals surface area contributed by atoms with Crippen molar-refractivity contribution in [3.8, 4) is 5.75 Å². The summed E-state index contributed by atoms with van der Waals surface area (Å²) < 4.78 is 35.1. The third kappa shape index (κ3) is 9.68. The van der Waals surface area contributed by atoms with Crippen molar-refractivity contribution >= 4 is 27.5 Å². The van der Waals surface area contributed by atoms with Gasteiger partial charge in [0, 0.05) is 19.5 Å². The molecule has 0 aliphatic heterocycles. The van der Waals surface area contributed by atoms with Gasteiger partial charge in [0.2, 0.25) is 11.8 Å². The lowest BCUT2D eigenvalue weighted by Gasteiger charge is -2.34. The standard InChI is InChI=1S/C38H45N3O5S/c1-5-7-25-39-38(43)36(26-31-11-9-8-10-12-31)40(27-32-17-13-29(3)14-18-32)37(42)28-41(33-19-15-30(4)16-20-33)47(44,45)35-23-21-34(22-24-35)46-6-2/h8-24,36H,5-7,25-28H2,1-4H3,(H,39,43)/t36-/m0/s1. The molecule has 0 aliphatic rings. The zero-order valence-corrected chi connectivity index (χ0v) is 28.5. The number of rotatable bonds is 16. The summed E-state index contributed by atoms with van der Waals surface area (Å²) in [7, 11) is -4.20. The van der Waals surface area contributed by atoms with Crippen molar-refractivity contribution in [1.29, 1.82) is 0 Å². The molecule has 4 aromatic rings. The fraction of sp³-hybridized carbons (Fsp3) is 0.316. The number of nitrogens with zero attached hydrogens (tertiary/aromatic N) is 2. The third-order valence-corrected chi connectivity index (χ3v) is 9.69. The normalized spacial score (nSPS) is 11.8. The molecule has 0 radical (unpaired) electrons. The molecule has 0 spiro atoms. The van der Waals surface area contributed by atoms with Crippen LogP contribution in [0.2, 0.25) is 0 Å². The summed E-state index contributed by atoms with van der Waals surface area (Å²) in [5.41, 5.74) is 4.09. The minimum absolute atomic E-state index is 0.0255. The number of ether oxygens (including phenoxy) is 1. The van der Waals surface area contributed by atoms with E-state index in [4.69, 9.17) is 4.74 Å². The van der Waals surface area contributed by atoms with E-state index in [9.17, 15) is 18.0 Å². The molecule has 0 aliphatic carbocycles. The molecule has 9 heteroatoms. The maximum Gasteiger partial charge on any atom is 0.264 e. The van der Waals surface area contributed by atoms with Crippen molar-refractivity contribution in [1.82, 2.24) is 10.2 Å². The van der Waals surface area contributed by atoms with Crippen molar-refractivity contribution in [2.75, 3.05) is 24.0 Å². The Labute approximate surface area is 279 Å². The first kappa shape index (κ1) is 35.2. The van der Waals surface area contributed by atoms with Crippen LogP contribution in [0.3, 0.4) is 0 Å². The molecule has 0 saturated heterocycles. The minimum Gasteiger partial charge on any atom is -0.494 e. The van der Waals surface area contributed by atoms with Crippen molar-refractivity contribution in [2.45, 2.75) is 64.4 Å². The highest BCUT2D eigenvalue weighted by molar-refractivity contribution is 7.92. The Balaban J connectivity index is 1.77. The van der Waals surface area contributed by atoms with Gasteiger partial charge < -0.3 is 15.0 Å². The average Bonchev–Trinajstić information content (AvgIpc) is 3.07. The van der Waals surface area contributed by atoms with Gasteiger partial charge in [0.05, 0.1) is 17.2 Å². The number of hydrogen-bond donors (Lipinski definition) is 1. The van der Waals surface area contributed by atoms with Gasteiger partial charge in [-0.05, 0) is 74.7 Å². The molecular formula is C38H45N3O5S. The fourth-order valence-corrected chi connectivity index (χ4v) is 6.61. The fourth-order valence-electron chi connectivity index (χ4n) is 5.19. The predicted octanol–water partition coefficient (Wildman–Crippen LogP) is 6.45. The highest BCUT2D eigenvalue weighted by Crippen LogP contribution is 2.27. The summed E-state index contributed by atoms with van der Waals surface area (Å²) in [6.45, 7) is 8.35. The van der Waals surface area contributed by atoms with E-state index in [0.29, 0.717) is 24.6 Å². The van der Waals surface area contributed by atoms with Gasteiger partial charge in [-0.3, -0.25) is 13.9 Å². The van der Waals surface area contributed by atoms with Gasteiger partial charge >= 0.3 is 0 Å². The number of carbonyl (C=O) groups is 2. The smallest absolute Gasteiger partial charge is 0.264 e. The maximum atomic E-state index is 14.6. The lowest BCUT2D eigenvalue weighted by Crippen LogP contribution is -2.53. The summed E-state index contributed by atoms with van der Waals surface area (Å²) in [4.78, 5) is 30.0. The van der Waals surface area contributed by atoms with Crippen LogP contribution in [-0.2, 0) is 32.6 Å². The third-order valence-electron chi connectivity index (χ3n) is 7.90. The van der Waals surface area contributed by atoms with Crippen LogP contribution in [0.1, 0.15) is 48.9 Å². The number of amides is 2. The number of nitrogens with one attached hydrogen (secondary N) is 1. The van der Waals surface area contributed by atoms with Crippen LogP contribution in [-0.4, -0.2) is 50.9 Å². The number of benzene rings is 4. The Hall–Kier alpha value is -4.63. The zero-order valence-electron chi connectivity index (χ0n) is 27.7. The number of carbonyl (C=O) groups excluding carboxylic acids is 2.